The van der Waals surface area contributed by atoms with Crippen molar-refractivity contribution in [2.75, 3.05) is 12.3 Å². The van der Waals surface area contributed by atoms with E-state index in [2.05, 4.69) is 5.32 Å². The summed E-state index contributed by atoms with van der Waals surface area (Å²) in [6, 6.07) is 14.6. The molecule has 0 spiro atoms. The summed E-state index contributed by atoms with van der Waals surface area (Å²) in [5.74, 6) is 0.172. The van der Waals surface area contributed by atoms with Crippen LogP contribution in [0.15, 0.2) is 48.5 Å². The van der Waals surface area contributed by atoms with Crippen molar-refractivity contribution in [3.05, 3.63) is 69.7 Å². The van der Waals surface area contributed by atoms with E-state index in [4.69, 9.17) is 23.2 Å². The smallest absolute Gasteiger partial charge is 0.155 e. The minimum absolute atomic E-state index is 0.0717. The predicted molar refractivity (Wildman–Crippen MR) is 92.1 cm³/mol. The first-order chi connectivity index (χ1) is 10.5. The Balaban J connectivity index is 1.79. The van der Waals surface area contributed by atoms with Gasteiger partial charge in [-0.15, -0.1) is 0 Å². The average molecular weight is 358 g/mol. The maximum atomic E-state index is 12.0. The molecule has 0 heterocycles. The summed E-state index contributed by atoms with van der Waals surface area (Å²) < 4.78 is 24.1. The van der Waals surface area contributed by atoms with E-state index in [-0.39, 0.29) is 11.5 Å². The van der Waals surface area contributed by atoms with Gasteiger partial charge in [0.2, 0.25) is 0 Å². The molecule has 0 aromatic heterocycles. The molecule has 0 aliphatic heterocycles. The number of benzene rings is 2. The van der Waals surface area contributed by atoms with Crippen molar-refractivity contribution in [2.24, 2.45) is 0 Å². The molecule has 3 nitrogen and oxygen atoms in total. The maximum Gasteiger partial charge on any atom is 0.155 e. The quantitative estimate of drug-likeness (QED) is 0.768. The van der Waals surface area contributed by atoms with Gasteiger partial charge in [0, 0.05) is 13.1 Å². The number of hydrogen-bond donors (Lipinski definition) is 1. The Morgan fingerprint density at radius 1 is 0.909 bits per heavy atom. The molecular formula is C16H17Cl2NO2S. The summed E-state index contributed by atoms with van der Waals surface area (Å²) >= 11 is 11.8. The van der Waals surface area contributed by atoms with Gasteiger partial charge in [-0.25, -0.2) is 8.42 Å². The normalized spacial score (nSPS) is 11.5. The van der Waals surface area contributed by atoms with Crippen LogP contribution in [-0.4, -0.2) is 20.7 Å². The lowest BCUT2D eigenvalue weighted by Crippen LogP contribution is -2.23. The van der Waals surface area contributed by atoms with E-state index in [0.29, 0.717) is 23.1 Å². The van der Waals surface area contributed by atoms with E-state index in [1.807, 2.05) is 36.4 Å². The summed E-state index contributed by atoms with van der Waals surface area (Å²) in [6.07, 6.45) is 0. The van der Waals surface area contributed by atoms with Crippen molar-refractivity contribution in [3.63, 3.8) is 0 Å². The third kappa shape index (κ3) is 5.61. The van der Waals surface area contributed by atoms with E-state index < -0.39 is 9.84 Å². The van der Waals surface area contributed by atoms with Gasteiger partial charge in [0.05, 0.1) is 21.6 Å². The standard InChI is InChI=1S/C16H17Cl2NO2S/c17-15-7-6-14(10-16(15)18)11-19-8-9-22(20,21)12-13-4-2-1-3-5-13/h1-7,10,19H,8-9,11-12H2. The van der Waals surface area contributed by atoms with E-state index >= 15 is 0 Å². The lowest BCUT2D eigenvalue weighted by molar-refractivity contribution is 0.590. The van der Waals surface area contributed by atoms with Gasteiger partial charge in [-0.1, -0.05) is 59.6 Å². The van der Waals surface area contributed by atoms with E-state index in [9.17, 15) is 8.42 Å². The Morgan fingerprint density at radius 3 is 2.32 bits per heavy atom. The molecule has 0 aliphatic rings. The molecule has 0 aliphatic carbocycles. The first-order valence-electron chi connectivity index (χ1n) is 6.85. The Bertz CT molecular complexity index is 718. The molecule has 0 amide bonds. The molecule has 0 bridgehead atoms. The first kappa shape index (κ1) is 17.3. The highest BCUT2D eigenvalue weighted by Gasteiger charge is 2.11. The van der Waals surface area contributed by atoms with Gasteiger partial charge in [0.15, 0.2) is 9.84 Å². The van der Waals surface area contributed by atoms with E-state index in [1.165, 1.54) is 0 Å². The van der Waals surface area contributed by atoms with Crippen molar-refractivity contribution in [3.8, 4) is 0 Å². The lowest BCUT2D eigenvalue weighted by atomic mass is 10.2. The molecule has 0 saturated heterocycles. The molecule has 118 valence electrons. The van der Waals surface area contributed by atoms with Gasteiger partial charge in [-0.2, -0.15) is 0 Å². The predicted octanol–water partition coefficient (Wildman–Crippen LogP) is 3.70. The summed E-state index contributed by atoms with van der Waals surface area (Å²) in [5.41, 5.74) is 1.78. The van der Waals surface area contributed by atoms with Crippen molar-refractivity contribution in [2.45, 2.75) is 12.3 Å². The van der Waals surface area contributed by atoms with Gasteiger partial charge in [0.25, 0.3) is 0 Å². The van der Waals surface area contributed by atoms with E-state index in [1.54, 1.807) is 12.1 Å². The van der Waals surface area contributed by atoms with Crippen molar-refractivity contribution >= 4 is 33.0 Å². The zero-order valence-corrected chi connectivity index (χ0v) is 14.3. The lowest BCUT2D eigenvalue weighted by Gasteiger charge is -2.07. The van der Waals surface area contributed by atoms with Crippen LogP contribution in [0.3, 0.4) is 0 Å². The molecule has 2 rings (SSSR count). The second kappa shape index (κ2) is 7.97. The van der Waals surface area contributed by atoms with Crippen LogP contribution in [0.5, 0.6) is 0 Å². The molecule has 0 fully saturated rings. The number of nitrogens with one attached hydrogen (secondary N) is 1. The number of hydrogen-bond acceptors (Lipinski definition) is 3. The number of rotatable bonds is 7. The Kier molecular flexibility index (Phi) is 6.26. The van der Waals surface area contributed by atoms with Crippen LogP contribution < -0.4 is 5.32 Å². The molecule has 22 heavy (non-hydrogen) atoms. The third-order valence-corrected chi connectivity index (χ3v) is 5.47. The fraction of sp³-hybridized carbons (Fsp3) is 0.250. The topological polar surface area (TPSA) is 46.2 Å². The number of sulfone groups is 1. The molecule has 2 aromatic carbocycles. The van der Waals surface area contributed by atoms with Crippen molar-refractivity contribution in [1.82, 2.24) is 5.32 Å². The van der Waals surface area contributed by atoms with Crippen LogP contribution in [0.25, 0.3) is 0 Å². The zero-order valence-electron chi connectivity index (χ0n) is 11.9. The monoisotopic (exact) mass is 357 g/mol. The van der Waals surface area contributed by atoms with Crippen molar-refractivity contribution in [1.29, 1.82) is 0 Å². The van der Waals surface area contributed by atoms with E-state index in [0.717, 1.165) is 11.1 Å². The van der Waals surface area contributed by atoms with Crippen LogP contribution >= 0.6 is 23.2 Å². The largest absolute Gasteiger partial charge is 0.312 e. The van der Waals surface area contributed by atoms with Crippen LogP contribution in [-0.2, 0) is 22.1 Å². The van der Waals surface area contributed by atoms with Gasteiger partial charge in [-0.05, 0) is 23.3 Å². The van der Waals surface area contributed by atoms with Crippen LogP contribution in [0.2, 0.25) is 10.0 Å². The molecule has 2 aromatic rings. The Morgan fingerprint density at radius 2 is 1.64 bits per heavy atom. The highest BCUT2D eigenvalue weighted by atomic mass is 35.5. The van der Waals surface area contributed by atoms with Crippen LogP contribution in [0.4, 0.5) is 0 Å². The summed E-state index contributed by atoms with van der Waals surface area (Å²) in [5, 5.41) is 4.12. The number of halogens is 2. The first-order valence-corrected chi connectivity index (χ1v) is 9.43. The van der Waals surface area contributed by atoms with Gasteiger partial charge < -0.3 is 5.32 Å². The van der Waals surface area contributed by atoms with Gasteiger partial charge >= 0.3 is 0 Å². The fourth-order valence-corrected chi connectivity index (χ4v) is 3.63. The third-order valence-electron chi connectivity index (χ3n) is 3.13. The average Bonchev–Trinajstić information content (AvgIpc) is 2.48. The van der Waals surface area contributed by atoms with Crippen LogP contribution in [0, 0.1) is 0 Å². The summed E-state index contributed by atoms with van der Waals surface area (Å²) in [7, 11) is -3.11. The highest BCUT2D eigenvalue weighted by molar-refractivity contribution is 7.90. The maximum absolute atomic E-state index is 12.0. The SMILES string of the molecule is O=S(=O)(CCNCc1ccc(Cl)c(Cl)c1)Cc1ccccc1. The van der Waals surface area contributed by atoms with Gasteiger partial charge in [0.1, 0.15) is 0 Å². The molecule has 1 N–H and O–H groups in total. The summed E-state index contributed by atoms with van der Waals surface area (Å²) in [4.78, 5) is 0. The van der Waals surface area contributed by atoms with Crippen LogP contribution in [0.1, 0.15) is 11.1 Å². The zero-order chi connectivity index (χ0) is 16.0. The fourth-order valence-electron chi connectivity index (χ4n) is 2.01. The summed E-state index contributed by atoms with van der Waals surface area (Å²) in [6.45, 7) is 0.952. The van der Waals surface area contributed by atoms with Gasteiger partial charge in [-0.3, -0.25) is 0 Å². The molecule has 0 saturated carbocycles. The second-order valence-electron chi connectivity index (χ2n) is 5.00. The molecular weight excluding hydrogens is 341 g/mol. The Hall–Kier alpha value is -1.07. The molecule has 0 atom stereocenters. The Labute approximate surface area is 141 Å². The molecule has 6 heteroatoms. The molecule has 0 radical (unpaired) electrons. The highest BCUT2D eigenvalue weighted by Crippen LogP contribution is 2.22. The van der Waals surface area contributed by atoms with Crippen molar-refractivity contribution < 1.29 is 8.42 Å². The second-order valence-corrected chi connectivity index (χ2v) is 8.00. The molecule has 0 unspecified atom stereocenters. The minimum atomic E-state index is -3.11. The minimum Gasteiger partial charge on any atom is -0.312 e.